The van der Waals surface area contributed by atoms with Gasteiger partial charge in [0.2, 0.25) is 0 Å². The summed E-state index contributed by atoms with van der Waals surface area (Å²) in [6.45, 7) is 0.553. The molecule has 21 heavy (non-hydrogen) atoms. The van der Waals surface area contributed by atoms with Crippen molar-refractivity contribution in [3.63, 3.8) is 0 Å². The summed E-state index contributed by atoms with van der Waals surface area (Å²) in [4.78, 5) is 11.7. The third-order valence-corrected chi connectivity index (χ3v) is 2.82. The summed E-state index contributed by atoms with van der Waals surface area (Å²) in [6.07, 6.45) is 0.757. The monoisotopic (exact) mass is 291 g/mol. The highest BCUT2D eigenvalue weighted by Crippen LogP contribution is 2.16. The molecule has 0 saturated heterocycles. The molecule has 110 valence electrons. The summed E-state index contributed by atoms with van der Waals surface area (Å²) >= 11 is 0. The first kappa shape index (κ1) is 14.9. The predicted octanol–water partition coefficient (Wildman–Crippen LogP) is 3.11. The number of carbonyl (C=O) groups is 1. The minimum absolute atomic E-state index is 0.0892. The molecule has 0 saturated carbocycles. The fraction of sp³-hybridized carbons (Fsp3) is 0.133. The van der Waals surface area contributed by atoms with E-state index in [1.807, 2.05) is 12.1 Å². The standard InChI is InChI=1S/C15H15F2N3O/c16-11-3-6-14(13(17)9-11)20-15(21)19-12-4-1-10(2-5-12)7-8-18/h1-6,9H,7-8,18H2,(H2,19,20,21). The number of nitrogens with one attached hydrogen (secondary N) is 2. The number of nitrogens with two attached hydrogens (primary N) is 1. The molecule has 0 heterocycles. The normalized spacial score (nSPS) is 10.2. The Hall–Kier alpha value is -2.47. The second kappa shape index (κ2) is 6.81. The smallest absolute Gasteiger partial charge is 0.323 e. The molecule has 0 fully saturated rings. The summed E-state index contributed by atoms with van der Waals surface area (Å²) < 4.78 is 26.1. The topological polar surface area (TPSA) is 67.1 Å². The Bertz CT molecular complexity index is 629. The molecule has 2 amide bonds. The van der Waals surface area contributed by atoms with E-state index in [0.717, 1.165) is 24.1 Å². The first-order valence-electron chi connectivity index (χ1n) is 6.40. The number of carbonyl (C=O) groups excluding carboxylic acids is 1. The van der Waals surface area contributed by atoms with E-state index in [-0.39, 0.29) is 5.69 Å². The van der Waals surface area contributed by atoms with Crippen molar-refractivity contribution in [3.8, 4) is 0 Å². The lowest BCUT2D eigenvalue weighted by molar-refractivity contribution is 0.262. The number of benzene rings is 2. The van der Waals surface area contributed by atoms with Crippen molar-refractivity contribution in [3.05, 3.63) is 59.7 Å². The first-order chi connectivity index (χ1) is 10.1. The lowest BCUT2D eigenvalue weighted by Gasteiger charge is -2.09. The maximum absolute atomic E-state index is 13.4. The van der Waals surface area contributed by atoms with Crippen LogP contribution in [0.25, 0.3) is 0 Å². The maximum atomic E-state index is 13.4. The molecular formula is C15H15F2N3O. The van der Waals surface area contributed by atoms with Crippen LogP contribution in [0.4, 0.5) is 25.0 Å². The summed E-state index contributed by atoms with van der Waals surface area (Å²) in [7, 11) is 0. The van der Waals surface area contributed by atoms with E-state index < -0.39 is 17.7 Å². The van der Waals surface area contributed by atoms with Gasteiger partial charge in [0.25, 0.3) is 0 Å². The number of urea groups is 1. The molecule has 2 aromatic carbocycles. The zero-order valence-electron chi connectivity index (χ0n) is 11.2. The number of halogens is 2. The van der Waals surface area contributed by atoms with Crippen LogP contribution in [0.2, 0.25) is 0 Å². The van der Waals surface area contributed by atoms with Gasteiger partial charge in [0.1, 0.15) is 11.6 Å². The van der Waals surface area contributed by atoms with Gasteiger partial charge in [-0.15, -0.1) is 0 Å². The van der Waals surface area contributed by atoms with Crippen LogP contribution < -0.4 is 16.4 Å². The van der Waals surface area contributed by atoms with Gasteiger partial charge in [-0.25, -0.2) is 13.6 Å². The van der Waals surface area contributed by atoms with Crippen molar-refractivity contribution in [2.75, 3.05) is 17.2 Å². The largest absolute Gasteiger partial charge is 0.330 e. The molecule has 0 aliphatic heterocycles. The molecule has 4 nitrogen and oxygen atoms in total. The lowest BCUT2D eigenvalue weighted by Crippen LogP contribution is -2.20. The molecule has 6 heteroatoms. The highest BCUT2D eigenvalue weighted by molar-refractivity contribution is 5.99. The Kier molecular flexibility index (Phi) is 4.84. The molecule has 0 radical (unpaired) electrons. The van der Waals surface area contributed by atoms with Crippen molar-refractivity contribution < 1.29 is 13.6 Å². The van der Waals surface area contributed by atoms with Gasteiger partial charge >= 0.3 is 6.03 Å². The van der Waals surface area contributed by atoms with E-state index >= 15 is 0 Å². The zero-order chi connectivity index (χ0) is 15.2. The third kappa shape index (κ3) is 4.25. The van der Waals surface area contributed by atoms with Gasteiger partial charge in [-0.1, -0.05) is 12.1 Å². The van der Waals surface area contributed by atoms with Crippen LogP contribution in [-0.4, -0.2) is 12.6 Å². The molecule has 4 N–H and O–H groups in total. The highest BCUT2D eigenvalue weighted by Gasteiger charge is 2.08. The van der Waals surface area contributed by atoms with E-state index in [4.69, 9.17) is 5.73 Å². The molecular weight excluding hydrogens is 276 g/mol. The second-order valence-electron chi connectivity index (χ2n) is 4.44. The third-order valence-electron chi connectivity index (χ3n) is 2.82. The fourth-order valence-corrected chi connectivity index (χ4v) is 1.80. The fourth-order valence-electron chi connectivity index (χ4n) is 1.80. The van der Waals surface area contributed by atoms with Gasteiger partial charge in [-0.05, 0) is 42.8 Å². The van der Waals surface area contributed by atoms with Crippen LogP contribution in [0.15, 0.2) is 42.5 Å². The molecule has 0 aliphatic carbocycles. The Morgan fingerprint density at radius 1 is 1.05 bits per heavy atom. The zero-order valence-corrected chi connectivity index (χ0v) is 11.2. The Labute approximate surface area is 121 Å². The second-order valence-corrected chi connectivity index (χ2v) is 4.44. The molecule has 2 aromatic rings. The van der Waals surface area contributed by atoms with Gasteiger partial charge in [0, 0.05) is 11.8 Å². The number of rotatable bonds is 4. The molecule has 0 unspecified atom stereocenters. The van der Waals surface area contributed by atoms with Gasteiger partial charge in [-0.3, -0.25) is 0 Å². The summed E-state index contributed by atoms with van der Waals surface area (Å²) in [5.74, 6) is -1.53. The van der Waals surface area contributed by atoms with Crippen LogP contribution in [0.1, 0.15) is 5.56 Å². The van der Waals surface area contributed by atoms with Crippen LogP contribution >= 0.6 is 0 Å². The van der Waals surface area contributed by atoms with Crippen molar-refractivity contribution in [1.29, 1.82) is 0 Å². The maximum Gasteiger partial charge on any atom is 0.323 e. The van der Waals surface area contributed by atoms with E-state index in [1.54, 1.807) is 12.1 Å². The van der Waals surface area contributed by atoms with Gasteiger partial charge in [-0.2, -0.15) is 0 Å². The average molecular weight is 291 g/mol. The Morgan fingerprint density at radius 3 is 2.38 bits per heavy atom. The van der Waals surface area contributed by atoms with Gasteiger partial charge < -0.3 is 16.4 Å². The summed E-state index contributed by atoms with van der Waals surface area (Å²) in [5.41, 5.74) is 6.99. The van der Waals surface area contributed by atoms with Crippen LogP contribution in [0, 0.1) is 11.6 Å². The van der Waals surface area contributed by atoms with Crippen LogP contribution in [0.3, 0.4) is 0 Å². The van der Waals surface area contributed by atoms with Gasteiger partial charge in [0.15, 0.2) is 0 Å². The SMILES string of the molecule is NCCc1ccc(NC(=O)Nc2ccc(F)cc2F)cc1. The quantitative estimate of drug-likeness (QED) is 0.810. The average Bonchev–Trinajstić information content (AvgIpc) is 2.44. The van der Waals surface area contributed by atoms with E-state index in [1.165, 1.54) is 0 Å². The van der Waals surface area contributed by atoms with E-state index in [0.29, 0.717) is 18.3 Å². The number of hydrogen-bond donors (Lipinski definition) is 3. The molecule has 0 aromatic heterocycles. The van der Waals surface area contributed by atoms with E-state index in [2.05, 4.69) is 10.6 Å². The van der Waals surface area contributed by atoms with Crippen molar-refractivity contribution in [1.82, 2.24) is 0 Å². The summed E-state index contributed by atoms with van der Waals surface area (Å²) in [6, 6.07) is 9.48. The number of amides is 2. The van der Waals surface area contributed by atoms with E-state index in [9.17, 15) is 13.6 Å². The summed E-state index contributed by atoms with van der Waals surface area (Å²) in [5, 5.41) is 4.87. The number of anilines is 2. The molecule has 0 bridgehead atoms. The van der Waals surface area contributed by atoms with Crippen molar-refractivity contribution in [2.24, 2.45) is 5.73 Å². The molecule has 0 spiro atoms. The molecule has 2 rings (SSSR count). The van der Waals surface area contributed by atoms with Crippen LogP contribution in [0.5, 0.6) is 0 Å². The minimum Gasteiger partial charge on any atom is -0.330 e. The van der Waals surface area contributed by atoms with Gasteiger partial charge in [0.05, 0.1) is 5.69 Å². The molecule has 0 aliphatic rings. The van der Waals surface area contributed by atoms with Crippen molar-refractivity contribution >= 4 is 17.4 Å². The Morgan fingerprint density at radius 2 is 1.76 bits per heavy atom. The lowest BCUT2D eigenvalue weighted by atomic mass is 10.1. The van der Waals surface area contributed by atoms with Crippen molar-refractivity contribution in [2.45, 2.75) is 6.42 Å². The Balaban J connectivity index is 1.98. The molecule has 0 atom stereocenters. The first-order valence-corrected chi connectivity index (χ1v) is 6.40. The van der Waals surface area contributed by atoms with Crippen LogP contribution in [-0.2, 0) is 6.42 Å². The predicted molar refractivity (Wildman–Crippen MR) is 78.2 cm³/mol. The highest BCUT2D eigenvalue weighted by atomic mass is 19.1. The number of hydrogen-bond acceptors (Lipinski definition) is 2. The minimum atomic E-state index is -0.830.